The Labute approximate surface area is 84.5 Å². The molecule has 0 N–H and O–H groups in total. The van der Waals surface area contributed by atoms with Gasteiger partial charge in [0.05, 0.1) is 12.5 Å². The molecule has 0 spiro atoms. The van der Waals surface area contributed by atoms with Gasteiger partial charge >= 0.3 is 5.97 Å². The second-order valence-electron chi connectivity index (χ2n) is 2.64. The Kier molecular flexibility index (Phi) is 3.82. The zero-order chi connectivity index (χ0) is 10.6. The molecule has 0 aliphatic heterocycles. The number of rotatable bonds is 4. The van der Waals surface area contributed by atoms with Gasteiger partial charge in [0, 0.05) is 29.4 Å². The Morgan fingerprint density at radius 3 is 3.00 bits per heavy atom. The number of carbonyl (C=O) groups is 1. The lowest BCUT2D eigenvalue weighted by molar-refractivity contribution is 0.0507. The van der Waals surface area contributed by atoms with Crippen molar-refractivity contribution in [1.82, 2.24) is 9.55 Å². The van der Waals surface area contributed by atoms with Gasteiger partial charge in [-0.05, 0) is 6.92 Å². The van der Waals surface area contributed by atoms with E-state index in [0.717, 1.165) is 0 Å². The van der Waals surface area contributed by atoms with Crippen LogP contribution in [0, 0.1) is 0 Å². The molecule has 0 fully saturated rings. The molecule has 14 heavy (non-hydrogen) atoms. The molecule has 1 unspecified atom stereocenters. The third-order valence-electron chi connectivity index (χ3n) is 1.49. The average molecular weight is 216 g/mol. The van der Waals surface area contributed by atoms with Crippen LogP contribution in [0.4, 0.5) is 0 Å². The maximum absolute atomic E-state index is 11.3. The molecule has 6 heteroatoms. The lowest BCUT2D eigenvalue weighted by Crippen LogP contribution is -2.14. The van der Waals surface area contributed by atoms with Crippen molar-refractivity contribution in [2.24, 2.45) is 0 Å². The summed E-state index contributed by atoms with van der Waals surface area (Å²) in [6.45, 7) is 2.03. The summed E-state index contributed by atoms with van der Waals surface area (Å²) in [5.41, 5.74) is 0. The van der Waals surface area contributed by atoms with Crippen LogP contribution in [0.2, 0.25) is 0 Å². The van der Waals surface area contributed by atoms with Gasteiger partial charge in [-0.25, -0.2) is 9.78 Å². The number of esters is 1. The Morgan fingerprint density at radius 1 is 1.71 bits per heavy atom. The number of aromatic nitrogens is 2. The van der Waals surface area contributed by atoms with E-state index < -0.39 is 16.8 Å². The Morgan fingerprint density at radius 2 is 2.43 bits per heavy atom. The zero-order valence-corrected chi connectivity index (χ0v) is 8.91. The largest absolute Gasteiger partial charge is 0.460 e. The molecule has 1 aromatic heterocycles. The van der Waals surface area contributed by atoms with Crippen LogP contribution in [0.25, 0.3) is 0 Å². The molecule has 1 aromatic rings. The third kappa shape index (κ3) is 2.66. The maximum atomic E-state index is 11.3. The molecule has 78 valence electrons. The van der Waals surface area contributed by atoms with Gasteiger partial charge in [-0.15, -0.1) is 0 Å². The van der Waals surface area contributed by atoms with Crippen LogP contribution >= 0.6 is 0 Å². The van der Waals surface area contributed by atoms with Gasteiger partial charge in [-0.3, -0.25) is 4.21 Å². The van der Waals surface area contributed by atoms with Crippen LogP contribution in [0.5, 0.6) is 0 Å². The van der Waals surface area contributed by atoms with E-state index in [0.29, 0.717) is 6.61 Å². The van der Waals surface area contributed by atoms with Crippen molar-refractivity contribution in [2.75, 3.05) is 12.9 Å². The fraction of sp³-hybridized carbons (Fsp3) is 0.500. The fourth-order valence-electron chi connectivity index (χ4n) is 0.995. The highest BCUT2D eigenvalue weighted by Crippen LogP contribution is 2.01. The smallest absolute Gasteiger partial charge is 0.374 e. The van der Waals surface area contributed by atoms with E-state index in [1.54, 1.807) is 19.4 Å². The summed E-state index contributed by atoms with van der Waals surface area (Å²) in [6, 6.07) is 0. The standard InChI is InChI=1S/C8H12N2O3S/c1-3-13-8(11)7-9-4-5-10(7)6-14(2)12/h4-5H,3,6H2,1-2H3. The van der Waals surface area contributed by atoms with Crippen LogP contribution in [0.15, 0.2) is 12.4 Å². The second-order valence-corrected chi connectivity index (χ2v) is 4.05. The lowest BCUT2D eigenvalue weighted by Gasteiger charge is -2.04. The Hall–Kier alpha value is -1.17. The minimum atomic E-state index is -1.01. The van der Waals surface area contributed by atoms with Crippen LogP contribution in [-0.2, 0) is 21.4 Å². The number of imidazole rings is 1. The van der Waals surface area contributed by atoms with Crippen LogP contribution in [0.1, 0.15) is 17.5 Å². The van der Waals surface area contributed by atoms with Crippen molar-refractivity contribution < 1.29 is 13.7 Å². The van der Waals surface area contributed by atoms with Crippen molar-refractivity contribution in [3.05, 3.63) is 18.2 Å². The number of nitrogens with zero attached hydrogens (tertiary/aromatic N) is 2. The summed E-state index contributed by atoms with van der Waals surface area (Å²) in [7, 11) is -1.01. The average Bonchev–Trinajstić information content (AvgIpc) is 2.51. The quantitative estimate of drug-likeness (QED) is 0.683. The summed E-state index contributed by atoms with van der Waals surface area (Å²) in [6.07, 6.45) is 4.65. The molecule has 0 saturated heterocycles. The number of hydrogen-bond donors (Lipinski definition) is 0. The summed E-state index contributed by atoms with van der Waals surface area (Å²) >= 11 is 0. The van der Waals surface area contributed by atoms with Gasteiger partial charge in [0.2, 0.25) is 5.82 Å². The molecule has 5 nitrogen and oxygen atoms in total. The molecular formula is C8H12N2O3S. The summed E-state index contributed by atoms with van der Waals surface area (Å²) in [5.74, 6) is -0.0290. The van der Waals surface area contributed by atoms with Crippen molar-refractivity contribution in [3.8, 4) is 0 Å². The number of ether oxygens (including phenoxy) is 1. The van der Waals surface area contributed by atoms with Crippen molar-refractivity contribution in [1.29, 1.82) is 0 Å². The molecule has 0 bridgehead atoms. The Balaban J connectivity index is 2.81. The molecule has 1 atom stereocenters. The molecule has 0 aliphatic carbocycles. The lowest BCUT2D eigenvalue weighted by atomic mass is 10.6. The van der Waals surface area contributed by atoms with Crippen LogP contribution in [0.3, 0.4) is 0 Å². The Bertz CT molecular complexity index is 348. The highest BCUT2D eigenvalue weighted by molar-refractivity contribution is 7.83. The minimum absolute atomic E-state index is 0.196. The highest BCUT2D eigenvalue weighted by atomic mass is 32.2. The topological polar surface area (TPSA) is 61.2 Å². The predicted molar refractivity (Wildman–Crippen MR) is 52.2 cm³/mol. The molecule has 0 aliphatic rings. The van der Waals surface area contributed by atoms with E-state index in [2.05, 4.69) is 4.98 Å². The van der Waals surface area contributed by atoms with E-state index >= 15 is 0 Å². The van der Waals surface area contributed by atoms with Crippen molar-refractivity contribution in [3.63, 3.8) is 0 Å². The van der Waals surface area contributed by atoms with Gasteiger partial charge in [0.1, 0.15) is 0 Å². The summed E-state index contributed by atoms with van der Waals surface area (Å²) in [5, 5.41) is 0. The van der Waals surface area contributed by atoms with Gasteiger partial charge in [0.25, 0.3) is 0 Å². The number of carbonyl (C=O) groups excluding carboxylic acids is 1. The van der Waals surface area contributed by atoms with Gasteiger partial charge in [-0.2, -0.15) is 0 Å². The molecule has 0 radical (unpaired) electrons. The van der Waals surface area contributed by atoms with Crippen molar-refractivity contribution >= 4 is 16.8 Å². The molecule has 1 heterocycles. The SMILES string of the molecule is CCOC(=O)c1nccn1CS(C)=O. The van der Waals surface area contributed by atoms with Crippen LogP contribution < -0.4 is 0 Å². The zero-order valence-electron chi connectivity index (χ0n) is 8.10. The predicted octanol–water partition coefficient (Wildman–Crippen LogP) is 0.396. The van der Waals surface area contributed by atoms with Crippen molar-refractivity contribution in [2.45, 2.75) is 12.8 Å². The second kappa shape index (κ2) is 4.90. The molecular weight excluding hydrogens is 204 g/mol. The molecule has 0 saturated carbocycles. The highest BCUT2D eigenvalue weighted by Gasteiger charge is 2.13. The molecule has 1 rings (SSSR count). The van der Waals surface area contributed by atoms with Gasteiger partial charge in [0.15, 0.2) is 0 Å². The van der Waals surface area contributed by atoms with Gasteiger partial charge < -0.3 is 9.30 Å². The van der Waals surface area contributed by atoms with E-state index in [1.807, 2.05) is 0 Å². The minimum Gasteiger partial charge on any atom is -0.460 e. The first-order valence-electron chi connectivity index (χ1n) is 4.13. The number of hydrogen-bond acceptors (Lipinski definition) is 4. The summed E-state index contributed by atoms with van der Waals surface area (Å²) in [4.78, 5) is 15.1. The summed E-state index contributed by atoms with van der Waals surface area (Å²) < 4.78 is 17.3. The monoisotopic (exact) mass is 216 g/mol. The first kappa shape index (κ1) is 10.9. The van der Waals surface area contributed by atoms with Gasteiger partial charge in [-0.1, -0.05) is 0 Å². The third-order valence-corrected chi connectivity index (χ3v) is 2.14. The molecule has 0 amide bonds. The normalized spacial score (nSPS) is 12.4. The molecule has 0 aromatic carbocycles. The maximum Gasteiger partial charge on any atom is 0.374 e. The van der Waals surface area contributed by atoms with E-state index in [9.17, 15) is 9.00 Å². The van der Waals surface area contributed by atoms with E-state index in [1.165, 1.54) is 10.8 Å². The first-order chi connectivity index (χ1) is 6.65. The van der Waals surface area contributed by atoms with E-state index in [-0.39, 0.29) is 11.7 Å². The van der Waals surface area contributed by atoms with E-state index in [4.69, 9.17) is 4.74 Å². The van der Waals surface area contributed by atoms with Crippen LogP contribution in [-0.4, -0.2) is 32.6 Å². The fourth-order valence-corrected chi connectivity index (χ4v) is 1.59. The first-order valence-corrected chi connectivity index (χ1v) is 5.86.